The quantitative estimate of drug-likeness (QED) is 0.548. The van der Waals surface area contributed by atoms with Crippen molar-refractivity contribution >= 4 is 27.6 Å². The third-order valence-corrected chi connectivity index (χ3v) is 3.91. The molecule has 3 aromatic rings. The smallest absolute Gasteiger partial charge is 0.188 e. The van der Waals surface area contributed by atoms with Gasteiger partial charge in [-0.15, -0.1) is 0 Å². The second-order valence-electron chi connectivity index (χ2n) is 5.22. The van der Waals surface area contributed by atoms with Crippen molar-refractivity contribution in [3.05, 3.63) is 40.8 Å². The van der Waals surface area contributed by atoms with Gasteiger partial charge in [-0.1, -0.05) is 15.9 Å². The topological polar surface area (TPSA) is 118 Å². The standard InChI is InChI=1S/C17H15BrN6O3/c1-25-9-27-14-4-10(18)3-13(26-2)17(14)12-5-15(24-23-12)22-16-8-20-11(6-19)7-21-16/h3-5,7-8H,9H2,1-2H3,(H2,21,22,23,24). The summed E-state index contributed by atoms with van der Waals surface area (Å²) < 4.78 is 16.9. The zero-order valence-electron chi connectivity index (χ0n) is 14.5. The predicted octanol–water partition coefficient (Wildman–Crippen LogP) is 3.24. The van der Waals surface area contributed by atoms with Gasteiger partial charge in [0.2, 0.25) is 0 Å². The number of aromatic nitrogens is 4. The number of halogens is 1. The number of methoxy groups -OCH3 is 2. The van der Waals surface area contributed by atoms with E-state index in [0.717, 1.165) is 4.47 Å². The first kappa shape index (κ1) is 18.6. The van der Waals surface area contributed by atoms with E-state index in [1.165, 1.54) is 12.4 Å². The third-order valence-electron chi connectivity index (χ3n) is 3.45. The molecule has 0 bridgehead atoms. The molecule has 9 nitrogen and oxygen atoms in total. The highest BCUT2D eigenvalue weighted by Gasteiger charge is 2.17. The van der Waals surface area contributed by atoms with Crippen LogP contribution < -0.4 is 14.8 Å². The molecule has 2 aromatic heterocycles. The van der Waals surface area contributed by atoms with Crippen LogP contribution in [0.5, 0.6) is 11.5 Å². The predicted molar refractivity (Wildman–Crippen MR) is 101 cm³/mol. The number of ether oxygens (including phenoxy) is 3. The maximum Gasteiger partial charge on any atom is 0.188 e. The summed E-state index contributed by atoms with van der Waals surface area (Å²) in [4.78, 5) is 8.07. The van der Waals surface area contributed by atoms with Crippen molar-refractivity contribution in [2.45, 2.75) is 0 Å². The van der Waals surface area contributed by atoms with Crippen LogP contribution in [0.4, 0.5) is 11.6 Å². The van der Waals surface area contributed by atoms with Crippen molar-refractivity contribution in [3.8, 4) is 28.8 Å². The molecule has 0 aliphatic carbocycles. The number of aromatic amines is 1. The van der Waals surface area contributed by atoms with Crippen LogP contribution in [0.15, 0.2) is 35.1 Å². The molecule has 0 saturated carbocycles. The van der Waals surface area contributed by atoms with Crippen LogP contribution in [0.25, 0.3) is 11.3 Å². The zero-order chi connectivity index (χ0) is 19.2. The monoisotopic (exact) mass is 430 g/mol. The Bertz CT molecular complexity index is 968. The molecule has 1 aromatic carbocycles. The summed E-state index contributed by atoms with van der Waals surface area (Å²) in [5.74, 6) is 2.15. The molecular weight excluding hydrogens is 416 g/mol. The summed E-state index contributed by atoms with van der Waals surface area (Å²) in [5.41, 5.74) is 1.61. The van der Waals surface area contributed by atoms with E-state index in [1.54, 1.807) is 20.3 Å². The normalized spacial score (nSPS) is 10.3. The molecule has 2 heterocycles. The second-order valence-corrected chi connectivity index (χ2v) is 6.14. The van der Waals surface area contributed by atoms with Gasteiger partial charge >= 0.3 is 0 Å². The third kappa shape index (κ3) is 4.33. The van der Waals surface area contributed by atoms with Gasteiger partial charge in [-0.2, -0.15) is 10.4 Å². The molecule has 0 saturated heterocycles. The second kappa shape index (κ2) is 8.48. The summed E-state index contributed by atoms with van der Waals surface area (Å²) in [6.45, 7) is 0.0900. The van der Waals surface area contributed by atoms with Crippen LogP contribution in [0.3, 0.4) is 0 Å². The van der Waals surface area contributed by atoms with Crippen molar-refractivity contribution < 1.29 is 14.2 Å². The van der Waals surface area contributed by atoms with E-state index in [4.69, 9.17) is 19.5 Å². The van der Waals surface area contributed by atoms with Gasteiger partial charge in [0.15, 0.2) is 18.3 Å². The highest BCUT2D eigenvalue weighted by atomic mass is 79.9. The Morgan fingerprint density at radius 3 is 2.63 bits per heavy atom. The summed E-state index contributed by atoms with van der Waals surface area (Å²) in [6, 6.07) is 7.35. The number of H-pyrrole nitrogens is 1. The fourth-order valence-electron chi connectivity index (χ4n) is 2.32. The van der Waals surface area contributed by atoms with Crippen molar-refractivity contribution in [1.29, 1.82) is 5.26 Å². The van der Waals surface area contributed by atoms with Crippen molar-refractivity contribution in [3.63, 3.8) is 0 Å². The van der Waals surface area contributed by atoms with Gasteiger partial charge in [-0.3, -0.25) is 5.10 Å². The molecule has 2 N–H and O–H groups in total. The number of nitrogens with one attached hydrogen (secondary N) is 2. The molecule has 0 aliphatic heterocycles. The SMILES string of the molecule is COCOc1cc(Br)cc(OC)c1-c1cc(Nc2cnc(C#N)cn2)n[nH]1. The average Bonchev–Trinajstić information content (AvgIpc) is 3.14. The molecule has 0 aliphatic rings. The summed E-state index contributed by atoms with van der Waals surface area (Å²) in [6.07, 6.45) is 2.84. The first-order chi connectivity index (χ1) is 13.1. The van der Waals surface area contributed by atoms with E-state index >= 15 is 0 Å². The molecule has 27 heavy (non-hydrogen) atoms. The number of benzene rings is 1. The van der Waals surface area contributed by atoms with Crippen LogP contribution in [0, 0.1) is 11.3 Å². The van der Waals surface area contributed by atoms with Gasteiger partial charge in [0.1, 0.15) is 23.4 Å². The Hall–Kier alpha value is -3.16. The summed E-state index contributed by atoms with van der Waals surface area (Å²) in [7, 11) is 3.12. The van der Waals surface area contributed by atoms with Crippen LogP contribution in [-0.2, 0) is 4.74 Å². The summed E-state index contributed by atoms with van der Waals surface area (Å²) >= 11 is 3.44. The first-order valence-corrected chi connectivity index (χ1v) is 8.48. The highest BCUT2D eigenvalue weighted by molar-refractivity contribution is 9.10. The number of hydrogen-bond acceptors (Lipinski definition) is 8. The van der Waals surface area contributed by atoms with E-state index in [0.29, 0.717) is 34.4 Å². The lowest BCUT2D eigenvalue weighted by Gasteiger charge is -2.14. The molecule has 0 atom stereocenters. The van der Waals surface area contributed by atoms with Gasteiger partial charge in [-0.25, -0.2) is 9.97 Å². The number of nitriles is 1. The minimum Gasteiger partial charge on any atom is -0.496 e. The van der Waals surface area contributed by atoms with Gasteiger partial charge in [0.05, 0.1) is 30.8 Å². The van der Waals surface area contributed by atoms with Crippen LogP contribution in [0.2, 0.25) is 0 Å². The van der Waals surface area contributed by atoms with E-state index in [2.05, 4.69) is 41.4 Å². The van der Waals surface area contributed by atoms with Gasteiger partial charge < -0.3 is 19.5 Å². The molecule has 0 radical (unpaired) electrons. The fraction of sp³-hybridized carbons (Fsp3) is 0.176. The molecule has 10 heteroatoms. The molecule has 0 fully saturated rings. The van der Waals surface area contributed by atoms with E-state index in [1.807, 2.05) is 18.2 Å². The Labute approximate surface area is 163 Å². The number of rotatable bonds is 7. The Morgan fingerprint density at radius 1 is 1.15 bits per heavy atom. The lowest BCUT2D eigenvalue weighted by molar-refractivity contribution is 0.0513. The van der Waals surface area contributed by atoms with Crippen LogP contribution >= 0.6 is 15.9 Å². The Kier molecular flexibility index (Phi) is 5.85. The van der Waals surface area contributed by atoms with E-state index in [9.17, 15) is 0 Å². The average molecular weight is 431 g/mol. The Morgan fingerprint density at radius 2 is 1.96 bits per heavy atom. The molecule has 0 unspecified atom stereocenters. The minimum absolute atomic E-state index is 0.0900. The van der Waals surface area contributed by atoms with Gasteiger partial charge in [0.25, 0.3) is 0 Å². The maximum atomic E-state index is 8.78. The van der Waals surface area contributed by atoms with E-state index < -0.39 is 0 Å². The number of anilines is 2. The lowest BCUT2D eigenvalue weighted by Crippen LogP contribution is -2.01. The largest absolute Gasteiger partial charge is 0.496 e. The highest BCUT2D eigenvalue weighted by Crippen LogP contribution is 2.41. The van der Waals surface area contributed by atoms with E-state index in [-0.39, 0.29) is 12.5 Å². The minimum atomic E-state index is 0.0900. The molecule has 138 valence electrons. The Balaban J connectivity index is 1.91. The molecule has 0 amide bonds. The molecular formula is C17H15BrN6O3. The zero-order valence-corrected chi connectivity index (χ0v) is 16.1. The lowest BCUT2D eigenvalue weighted by atomic mass is 10.1. The van der Waals surface area contributed by atoms with Crippen molar-refractivity contribution in [2.75, 3.05) is 26.3 Å². The first-order valence-electron chi connectivity index (χ1n) is 7.68. The van der Waals surface area contributed by atoms with Crippen LogP contribution in [-0.4, -0.2) is 41.2 Å². The van der Waals surface area contributed by atoms with Crippen LogP contribution in [0.1, 0.15) is 5.69 Å². The number of nitrogens with zero attached hydrogens (tertiary/aromatic N) is 4. The maximum absolute atomic E-state index is 8.78. The molecule has 0 spiro atoms. The summed E-state index contributed by atoms with van der Waals surface area (Å²) in [5, 5.41) is 19.0. The fourth-order valence-corrected chi connectivity index (χ4v) is 2.73. The van der Waals surface area contributed by atoms with Gasteiger partial charge in [-0.05, 0) is 12.1 Å². The number of hydrogen-bond donors (Lipinski definition) is 2. The molecule has 3 rings (SSSR count). The van der Waals surface area contributed by atoms with Crippen molar-refractivity contribution in [2.24, 2.45) is 0 Å². The van der Waals surface area contributed by atoms with Crippen molar-refractivity contribution in [1.82, 2.24) is 20.2 Å². The van der Waals surface area contributed by atoms with Gasteiger partial charge in [0, 0.05) is 17.6 Å².